The smallest absolute Gasteiger partial charge is 0.407 e. The van der Waals surface area contributed by atoms with E-state index in [4.69, 9.17) is 4.74 Å². The molecule has 128 valence electrons. The van der Waals surface area contributed by atoms with Crippen molar-refractivity contribution in [3.05, 3.63) is 27.1 Å². The van der Waals surface area contributed by atoms with Gasteiger partial charge >= 0.3 is 11.1 Å². The van der Waals surface area contributed by atoms with Crippen LogP contribution in [0.5, 0.6) is 0 Å². The van der Waals surface area contributed by atoms with Crippen molar-refractivity contribution in [2.75, 3.05) is 0 Å². The standard InChI is InChI=1S/C15H23N3O4S/c1-15(2,3)22-14(19)17-12-6-4-5-11(12)16-8-10-7-13(18(20)21)23-9-10/h7,9,11-12,16H,4-6,8H2,1-3H3,(H,17,19). The van der Waals surface area contributed by atoms with Gasteiger partial charge in [-0.05, 0) is 45.6 Å². The van der Waals surface area contributed by atoms with Gasteiger partial charge in [-0.15, -0.1) is 0 Å². The van der Waals surface area contributed by atoms with Crippen LogP contribution in [0.1, 0.15) is 45.6 Å². The van der Waals surface area contributed by atoms with Gasteiger partial charge in [0.1, 0.15) is 5.60 Å². The summed E-state index contributed by atoms with van der Waals surface area (Å²) in [5.74, 6) is 0. The Balaban J connectivity index is 1.84. The lowest BCUT2D eigenvalue weighted by molar-refractivity contribution is -0.380. The maximum absolute atomic E-state index is 11.9. The minimum absolute atomic E-state index is 0.0264. The SMILES string of the molecule is CC(C)(C)OC(=O)NC1CCCC1NCc1csc([N+](=O)[O-])c1. The molecule has 2 atom stereocenters. The second kappa shape index (κ2) is 7.27. The van der Waals surface area contributed by atoms with Gasteiger partial charge in [0.05, 0.1) is 4.92 Å². The minimum atomic E-state index is -0.513. The molecule has 0 bridgehead atoms. The molecule has 1 aromatic heterocycles. The van der Waals surface area contributed by atoms with Gasteiger partial charge in [0.15, 0.2) is 0 Å². The minimum Gasteiger partial charge on any atom is -0.444 e. The summed E-state index contributed by atoms with van der Waals surface area (Å²) in [6, 6.07) is 1.77. The number of thiophene rings is 1. The van der Waals surface area contributed by atoms with E-state index in [1.54, 1.807) is 11.4 Å². The van der Waals surface area contributed by atoms with Crippen molar-refractivity contribution < 1.29 is 14.5 Å². The van der Waals surface area contributed by atoms with Crippen LogP contribution in [0.4, 0.5) is 9.80 Å². The van der Waals surface area contributed by atoms with Crippen LogP contribution in [0.3, 0.4) is 0 Å². The Kier molecular flexibility index (Phi) is 5.59. The number of carbonyl (C=O) groups is 1. The molecule has 2 N–H and O–H groups in total. The largest absolute Gasteiger partial charge is 0.444 e. The zero-order valence-electron chi connectivity index (χ0n) is 13.6. The molecule has 1 amide bonds. The van der Waals surface area contributed by atoms with Crippen LogP contribution in [0.2, 0.25) is 0 Å². The highest BCUT2D eigenvalue weighted by Gasteiger charge is 2.29. The summed E-state index contributed by atoms with van der Waals surface area (Å²) in [5.41, 5.74) is 0.380. The molecule has 0 spiro atoms. The molecule has 1 aliphatic carbocycles. The third-order valence-electron chi connectivity index (χ3n) is 3.61. The lowest BCUT2D eigenvalue weighted by Crippen LogP contribution is -2.47. The Bertz CT molecular complexity index is 567. The fraction of sp³-hybridized carbons (Fsp3) is 0.667. The molecule has 0 aliphatic heterocycles. The van der Waals surface area contributed by atoms with Crippen molar-refractivity contribution in [2.45, 2.75) is 64.3 Å². The van der Waals surface area contributed by atoms with E-state index in [9.17, 15) is 14.9 Å². The highest BCUT2D eigenvalue weighted by molar-refractivity contribution is 7.13. The van der Waals surface area contributed by atoms with E-state index in [-0.39, 0.29) is 22.0 Å². The van der Waals surface area contributed by atoms with Gasteiger partial charge in [-0.2, -0.15) is 0 Å². The predicted octanol–water partition coefficient (Wildman–Crippen LogP) is 3.19. The highest BCUT2D eigenvalue weighted by atomic mass is 32.1. The topological polar surface area (TPSA) is 93.5 Å². The van der Waals surface area contributed by atoms with Crippen LogP contribution in [0, 0.1) is 10.1 Å². The predicted molar refractivity (Wildman–Crippen MR) is 88.6 cm³/mol. The van der Waals surface area contributed by atoms with Crippen molar-refractivity contribution in [3.8, 4) is 0 Å². The number of nitro groups is 1. The van der Waals surface area contributed by atoms with E-state index in [0.717, 1.165) is 36.2 Å². The van der Waals surface area contributed by atoms with Crippen molar-refractivity contribution in [2.24, 2.45) is 0 Å². The van der Waals surface area contributed by atoms with Crippen LogP contribution in [0.15, 0.2) is 11.4 Å². The maximum Gasteiger partial charge on any atom is 0.407 e. The fourth-order valence-corrected chi connectivity index (χ4v) is 3.37. The summed E-state index contributed by atoms with van der Waals surface area (Å²) in [6.07, 6.45) is 2.50. The molecular formula is C15H23N3O4S. The molecule has 2 unspecified atom stereocenters. The first-order chi connectivity index (χ1) is 10.7. The van der Waals surface area contributed by atoms with Crippen LogP contribution >= 0.6 is 11.3 Å². The molecule has 2 rings (SSSR count). The van der Waals surface area contributed by atoms with Gasteiger partial charge in [0.25, 0.3) is 0 Å². The van der Waals surface area contributed by atoms with E-state index in [1.165, 1.54) is 0 Å². The molecule has 1 heterocycles. The number of rotatable bonds is 5. The molecule has 23 heavy (non-hydrogen) atoms. The molecule has 1 saturated carbocycles. The summed E-state index contributed by atoms with van der Waals surface area (Å²) in [7, 11) is 0. The third kappa shape index (κ3) is 5.47. The number of nitrogens with zero attached hydrogens (tertiary/aromatic N) is 1. The van der Waals surface area contributed by atoms with Crippen molar-refractivity contribution in [3.63, 3.8) is 0 Å². The number of nitrogens with one attached hydrogen (secondary N) is 2. The zero-order chi connectivity index (χ0) is 17.0. The normalized spacial score (nSPS) is 21.2. The number of hydrogen-bond donors (Lipinski definition) is 2. The molecular weight excluding hydrogens is 318 g/mol. The lowest BCUT2D eigenvalue weighted by atomic mass is 10.1. The second-order valence-corrected chi connectivity index (χ2v) is 7.61. The Morgan fingerprint density at radius 1 is 1.43 bits per heavy atom. The monoisotopic (exact) mass is 341 g/mol. The van der Waals surface area contributed by atoms with E-state index in [0.29, 0.717) is 6.54 Å². The van der Waals surface area contributed by atoms with Gasteiger partial charge in [0, 0.05) is 30.1 Å². The number of ether oxygens (including phenoxy) is 1. The highest BCUT2D eigenvalue weighted by Crippen LogP contribution is 2.24. The summed E-state index contributed by atoms with van der Waals surface area (Å²) >= 11 is 1.13. The van der Waals surface area contributed by atoms with Crippen molar-refractivity contribution >= 4 is 22.4 Å². The van der Waals surface area contributed by atoms with E-state index >= 15 is 0 Å². The van der Waals surface area contributed by atoms with Crippen LogP contribution in [-0.2, 0) is 11.3 Å². The average molecular weight is 341 g/mol. The summed E-state index contributed by atoms with van der Waals surface area (Å²) in [5, 5.41) is 18.9. The Morgan fingerprint density at radius 3 is 2.74 bits per heavy atom. The lowest BCUT2D eigenvalue weighted by Gasteiger charge is -2.25. The molecule has 0 radical (unpaired) electrons. The number of amides is 1. The summed E-state index contributed by atoms with van der Waals surface area (Å²) < 4.78 is 5.29. The van der Waals surface area contributed by atoms with Crippen molar-refractivity contribution in [1.82, 2.24) is 10.6 Å². The van der Waals surface area contributed by atoms with Gasteiger partial charge in [-0.1, -0.05) is 11.3 Å². The van der Waals surface area contributed by atoms with Gasteiger partial charge in [-0.3, -0.25) is 10.1 Å². The molecule has 7 nitrogen and oxygen atoms in total. The van der Waals surface area contributed by atoms with E-state index < -0.39 is 11.7 Å². The Morgan fingerprint density at radius 2 is 2.13 bits per heavy atom. The van der Waals surface area contributed by atoms with E-state index in [2.05, 4.69) is 10.6 Å². The number of carbonyl (C=O) groups excluding carboxylic acids is 1. The van der Waals surface area contributed by atoms with Crippen LogP contribution < -0.4 is 10.6 Å². The molecule has 8 heteroatoms. The van der Waals surface area contributed by atoms with Crippen LogP contribution in [0.25, 0.3) is 0 Å². The molecule has 1 aliphatic rings. The Labute approximate surface area is 139 Å². The average Bonchev–Trinajstić information content (AvgIpc) is 3.02. The summed E-state index contributed by atoms with van der Waals surface area (Å²) in [6.45, 7) is 6.06. The van der Waals surface area contributed by atoms with Gasteiger partial charge < -0.3 is 15.4 Å². The first kappa shape index (κ1) is 17.7. The molecule has 0 saturated heterocycles. The number of hydrogen-bond acceptors (Lipinski definition) is 6. The first-order valence-electron chi connectivity index (χ1n) is 7.69. The van der Waals surface area contributed by atoms with Crippen molar-refractivity contribution in [1.29, 1.82) is 0 Å². The quantitative estimate of drug-likeness (QED) is 0.633. The second-order valence-electron chi connectivity index (χ2n) is 6.72. The molecule has 1 aromatic rings. The van der Waals surface area contributed by atoms with Gasteiger partial charge in [-0.25, -0.2) is 4.79 Å². The fourth-order valence-electron chi connectivity index (χ4n) is 2.64. The van der Waals surface area contributed by atoms with Crippen LogP contribution in [-0.4, -0.2) is 28.7 Å². The van der Waals surface area contributed by atoms with E-state index in [1.807, 2.05) is 20.8 Å². The number of alkyl carbamates (subject to hydrolysis) is 1. The molecule has 0 aromatic carbocycles. The summed E-state index contributed by atoms with van der Waals surface area (Å²) in [4.78, 5) is 22.2. The first-order valence-corrected chi connectivity index (χ1v) is 8.57. The van der Waals surface area contributed by atoms with Gasteiger partial charge in [0.2, 0.25) is 0 Å². The third-order valence-corrected chi connectivity index (χ3v) is 4.54. The molecule has 1 fully saturated rings. The Hall–Kier alpha value is -1.67. The maximum atomic E-state index is 11.9. The zero-order valence-corrected chi connectivity index (χ0v) is 14.4.